The van der Waals surface area contributed by atoms with Gasteiger partial charge in [0.1, 0.15) is 6.61 Å². The Bertz CT molecular complexity index is 1320. The molecule has 3 aromatic carbocycles. The van der Waals surface area contributed by atoms with Gasteiger partial charge in [-0.2, -0.15) is 0 Å². The molecule has 0 aliphatic rings. The molecule has 2 amide bonds. The second-order valence-corrected chi connectivity index (χ2v) is 8.51. The molecule has 2 N–H and O–H groups in total. The Morgan fingerprint density at radius 1 is 0.914 bits per heavy atom. The average molecular weight is 504 g/mol. The molecule has 1 aromatic heterocycles. The van der Waals surface area contributed by atoms with E-state index in [1.54, 1.807) is 54.9 Å². The van der Waals surface area contributed by atoms with E-state index in [4.69, 9.17) is 16.3 Å². The number of thiol groups is 1. The first-order chi connectivity index (χ1) is 17.0. The number of para-hydroxylation sites is 1. The summed E-state index contributed by atoms with van der Waals surface area (Å²) in [5, 5.41) is 6.23. The highest BCUT2D eigenvalue weighted by Crippen LogP contribution is 2.24. The van der Waals surface area contributed by atoms with Crippen LogP contribution in [0.15, 0.2) is 102 Å². The van der Waals surface area contributed by atoms with Crippen LogP contribution in [0.2, 0.25) is 5.02 Å². The lowest BCUT2D eigenvalue weighted by Crippen LogP contribution is -2.30. The summed E-state index contributed by atoms with van der Waals surface area (Å²) >= 11 is 10.5. The molecule has 0 saturated carbocycles. The maximum absolute atomic E-state index is 12.7. The standard InChI is InChI=1S/C27H22ClN3O3S/c28-22-14-15-29-16-21(22)17-34-27(33)31-25(18-6-2-1-3-7-18)19-10-12-20(13-11-19)26(32)30-23-8-4-5-9-24(23)35/h1-16,25,35H,17H2,(H,30,32)(H,31,33)/t25-/m0/s1. The topological polar surface area (TPSA) is 80.3 Å². The number of benzene rings is 3. The van der Waals surface area contributed by atoms with Gasteiger partial charge in [0.2, 0.25) is 0 Å². The molecular formula is C27H22ClN3O3S. The number of ether oxygens (including phenoxy) is 1. The first kappa shape index (κ1) is 24.3. The fraction of sp³-hybridized carbons (Fsp3) is 0.0741. The van der Waals surface area contributed by atoms with Crippen LogP contribution in [-0.2, 0) is 11.3 Å². The predicted molar refractivity (Wildman–Crippen MR) is 139 cm³/mol. The highest BCUT2D eigenvalue weighted by molar-refractivity contribution is 7.80. The molecule has 176 valence electrons. The number of carbonyl (C=O) groups excluding carboxylic acids is 2. The summed E-state index contributed by atoms with van der Waals surface area (Å²) < 4.78 is 5.38. The summed E-state index contributed by atoms with van der Waals surface area (Å²) in [6, 6.07) is 25.0. The second kappa shape index (κ2) is 11.6. The van der Waals surface area contributed by atoms with Crippen LogP contribution < -0.4 is 10.6 Å². The zero-order valence-electron chi connectivity index (χ0n) is 18.5. The second-order valence-electron chi connectivity index (χ2n) is 7.62. The number of halogens is 1. The fourth-order valence-corrected chi connectivity index (χ4v) is 3.80. The normalized spacial score (nSPS) is 11.4. The predicted octanol–water partition coefficient (Wildman–Crippen LogP) is 6.29. The molecule has 0 fully saturated rings. The van der Waals surface area contributed by atoms with Crippen molar-refractivity contribution < 1.29 is 14.3 Å². The van der Waals surface area contributed by atoms with E-state index in [0.29, 0.717) is 26.7 Å². The summed E-state index contributed by atoms with van der Waals surface area (Å²) in [5.41, 5.74) is 3.37. The molecule has 0 unspecified atom stereocenters. The molecule has 0 aliphatic heterocycles. The Morgan fingerprint density at radius 3 is 2.31 bits per heavy atom. The SMILES string of the molecule is O=C(N[C@@H](c1ccccc1)c1ccc(C(=O)Nc2ccccc2S)cc1)OCc1cnccc1Cl. The molecule has 4 aromatic rings. The number of nitrogens with one attached hydrogen (secondary N) is 2. The van der Waals surface area contributed by atoms with Crippen LogP contribution in [0.25, 0.3) is 0 Å². The summed E-state index contributed by atoms with van der Waals surface area (Å²) in [7, 11) is 0. The molecule has 4 rings (SSSR count). The van der Waals surface area contributed by atoms with Gasteiger partial charge >= 0.3 is 6.09 Å². The third kappa shape index (κ3) is 6.41. The highest BCUT2D eigenvalue weighted by Gasteiger charge is 2.19. The molecule has 35 heavy (non-hydrogen) atoms. The van der Waals surface area contributed by atoms with Crippen molar-refractivity contribution in [2.75, 3.05) is 5.32 Å². The van der Waals surface area contributed by atoms with E-state index in [1.807, 2.05) is 42.5 Å². The smallest absolute Gasteiger partial charge is 0.408 e. The summed E-state index contributed by atoms with van der Waals surface area (Å²) in [6.45, 7) is -0.00819. The van der Waals surface area contributed by atoms with Crippen molar-refractivity contribution >= 4 is 41.9 Å². The molecule has 0 spiro atoms. The molecule has 8 heteroatoms. The number of carbonyl (C=O) groups is 2. The average Bonchev–Trinajstić information content (AvgIpc) is 2.89. The minimum Gasteiger partial charge on any atom is -0.445 e. The number of rotatable bonds is 7. The number of nitrogens with zero attached hydrogens (tertiary/aromatic N) is 1. The van der Waals surface area contributed by atoms with E-state index in [1.165, 1.54) is 0 Å². The van der Waals surface area contributed by atoms with Crippen LogP contribution in [0.4, 0.5) is 10.5 Å². The van der Waals surface area contributed by atoms with Gasteiger partial charge < -0.3 is 15.4 Å². The third-order valence-electron chi connectivity index (χ3n) is 5.26. The van der Waals surface area contributed by atoms with Gasteiger partial charge in [0.15, 0.2) is 0 Å². The van der Waals surface area contributed by atoms with Crippen LogP contribution in [0.1, 0.15) is 33.1 Å². The Labute approximate surface area is 213 Å². The maximum Gasteiger partial charge on any atom is 0.408 e. The van der Waals surface area contributed by atoms with Gasteiger partial charge in [-0.05, 0) is 41.5 Å². The summed E-state index contributed by atoms with van der Waals surface area (Å²) in [6.07, 6.45) is 2.52. The number of anilines is 1. The highest BCUT2D eigenvalue weighted by atomic mass is 35.5. The van der Waals surface area contributed by atoms with E-state index < -0.39 is 12.1 Å². The van der Waals surface area contributed by atoms with E-state index in [2.05, 4.69) is 28.2 Å². The third-order valence-corrected chi connectivity index (χ3v) is 6.02. The van der Waals surface area contributed by atoms with Crippen LogP contribution in [-0.4, -0.2) is 17.0 Å². The monoisotopic (exact) mass is 503 g/mol. The van der Waals surface area contributed by atoms with Crippen LogP contribution in [0, 0.1) is 0 Å². The minimum absolute atomic E-state index is 0.00819. The Balaban J connectivity index is 1.49. The number of amides is 2. The summed E-state index contributed by atoms with van der Waals surface area (Å²) in [4.78, 5) is 30.0. The number of hydrogen-bond acceptors (Lipinski definition) is 5. The lowest BCUT2D eigenvalue weighted by atomic mass is 9.97. The lowest BCUT2D eigenvalue weighted by molar-refractivity contribution is 0.102. The van der Waals surface area contributed by atoms with E-state index in [0.717, 1.165) is 11.1 Å². The Hall–Kier alpha value is -3.81. The van der Waals surface area contributed by atoms with Crippen molar-refractivity contribution in [3.8, 4) is 0 Å². The molecular weight excluding hydrogens is 482 g/mol. The fourth-order valence-electron chi connectivity index (χ4n) is 3.42. The first-order valence-electron chi connectivity index (χ1n) is 10.8. The Kier molecular flexibility index (Phi) is 8.03. The van der Waals surface area contributed by atoms with Gasteiger partial charge in [0.25, 0.3) is 5.91 Å². The largest absolute Gasteiger partial charge is 0.445 e. The van der Waals surface area contributed by atoms with Crippen LogP contribution in [0.5, 0.6) is 0 Å². The van der Waals surface area contributed by atoms with Gasteiger partial charge in [0.05, 0.1) is 16.8 Å². The van der Waals surface area contributed by atoms with Crippen LogP contribution >= 0.6 is 24.2 Å². The van der Waals surface area contributed by atoms with Gasteiger partial charge in [-0.3, -0.25) is 9.78 Å². The molecule has 6 nitrogen and oxygen atoms in total. The van der Waals surface area contributed by atoms with Gasteiger partial charge in [-0.1, -0.05) is 66.2 Å². The van der Waals surface area contributed by atoms with Crippen molar-refractivity contribution in [1.29, 1.82) is 0 Å². The quantitative estimate of drug-likeness (QED) is 0.259. The molecule has 0 aliphatic carbocycles. The van der Waals surface area contributed by atoms with E-state index >= 15 is 0 Å². The van der Waals surface area contributed by atoms with Crippen molar-refractivity contribution in [1.82, 2.24) is 10.3 Å². The van der Waals surface area contributed by atoms with Crippen molar-refractivity contribution in [2.24, 2.45) is 0 Å². The number of aromatic nitrogens is 1. The van der Waals surface area contributed by atoms with Crippen molar-refractivity contribution in [3.63, 3.8) is 0 Å². The van der Waals surface area contributed by atoms with E-state index in [-0.39, 0.29) is 12.5 Å². The van der Waals surface area contributed by atoms with Crippen molar-refractivity contribution in [3.05, 3.63) is 125 Å². The van der Waals surface area contributed by atoms with Crippen molar-refractivity contribution in [2.45, 2.75) is 17.5 Å². The Morgan fingerprint density at radius 2 is 1.60 bits per heavy atom. The van der Waals surface area contributed by atoms with Crippen LogP contribution in [0.3, 0.4) is 0 Å². The number of hydrogen-bond donors (Lipinski definition) is 3. The molecule has 0 bridgehead atoms. The molecule has 1 atom stereocenters. The zero-order valence-corrected chi connectivity index (χ0v) is 20.2. The maximum atomic E-state index is 12.7. The lowest BCUT2D eigenvalue weighted by Gasteiger charge is -2.20. The van der Waals surface area contributed by atoms with E-state index in [9.17, 15) is 9.59 Å². The minimum atomic E-state index is -0.606. The summed E-state index contributed by atoms with van der Waals surface area (Å²) in [5.74, 6) is -0.255. The van der Waals surface area contributed by atoms with Gasteiger partial charge in [-0.15, -0.1) is 12.6 Å². The molecule has 1 heterocycles. The van der Waals surface area contributed by atoms with Gasteiger partial charge in [0, 0.05) is 28.4 Å². The number of pyridine rings is 1. The molecule has 0 radical (unpaired) electrons. The first-order valence-corrected chi connectivity index (χ1v) is 11.6. The molecule has 0 saturated heterocycles. The zero-order chi connectivity index (χ0) is 24.6. The van der Waals surface area contributed by atoms with Gasteiger partial charge in [-0.25, -0.2) is 4.79 Å². The number of alkyl carbamates (subject to hydrolysis) is 1.